The topological polar surface area (TPSA) is 58.6 Å². The fourth-order valence-electron chi connectivity index (χ4n) is 1.47. The number of esters is 1. The fourth-order valence-corrected chi connectivity index (χ4v) is 1.53. The Hall–Kier alpha value is -0.810. The Kier molecular flexibility index (Phi) is 4.16. The lowest BCUT2D eigenvalue weighted by Gasteiger charge is -2.22. The molecule has 1 rings (SSSR count). The first-order valence-corrected chi connectivity index (χ1v) is 4.92. The van der Waals surface area contributed by atoms with E-state index in [-0.39, 0.29) is 23.8 Å². The predicted octanol–water partition coefficient (Wildman–Crippen LogP) is -0.106. The Bertz CT molecular complexity index is 235. The van der Waals surface area contributed by atoms with Crippen LogP contribution in [0.25, 0.3) is 0 Å². The number of carbonyl (C=O) groups is 2. The van der Waals surface area contributed by atoms with Crippen LogP contribution in [0.5, 0.6) is 0 Å². The largest absolute Gasteiger partial charge is 0.468 e. The lowest BCUT2D eigenvalue weighted by Crippen LogP contribution is -2.49. The highest BCUT2D eigenvalue weighted by Crippen LogP contribution is 2.15. The Labute approximate surface area is 87.3 Å². The molecule has 0 spiro atoms. The van der Waals surface area contributed by atoms with Crippen molar-refractivity contribution in [3.05, 3.63) is 0 Å². The van der Waals surface area contributed by atoms with Crippen LogP contribution in [0, 0.1) is 0 Å². The van der Waals surface area contributed by atoms with Crippen LogP contribution in [0.15, 0.2) is 0 Å². The molecule has 1 aliphatic heterocycles. The van der Waals surface area contributed by atoms with Crippen molar-refractivity contribution in [2.24, 2.45) is 0 Å². The third kappa shape index (κ3) is 2.59. The van der Waals surface area contributed by atoms with E-state index in [4.69, 9.17) is 11.6 Å². The number of carbonyl (C=O) groups excluding carboxylic acids is 2. The monoisotopic (exact) mass is 220 g/mol. The first kappa shape index (κ1) is 11.3. The molecule has 80 valence electrons. The van der Waals surface area contributed by atoms with Crippen LogP contribution in [0.2, 0.25) is 0 Å². The maximum absolute atomic E-state index is 11.2. The maximum atomic E-state index is 11.2. The van der Waals surface area contributed by atoms with E-state index < -0.39 is 0 Å². The molecule has 0 unspecified atom stereocenters. The van der Waals surface area contributed by atoms with Crippen LogP contribution in [0.4, 0.5) is 0 Å². The van der Waals surface area contributed by atoms with Crippen molar-refractivity contribution in [3.8, 4) is 0 Å². The van der Waals surface area contributed by atoms with Gasteiger partial charge in [-0.15, -0.1) is 11.6 Å². The first-order valence-electron chi connectivity index (χ1n) is 4.39. The van der Waals surface area contributed by atoms with Crippen LogP contribution >= 0.6 is 11.6 Å². The van der Waals surface area contributed by atoms with Gasteiger partial charge in [0.15, 0.2) is 0 Å². The molecule has 0 radical (unpaired) electrons. The summed E-state index contributed by atoms with van der Waals surface area (Å²) in [5, 5.41) is 1.58. The lowest BCUT2D eigenvalue weighted by molar-refractivity contribution is -0.147. The molecule has 0 saturated carbocycles. The highest BCUT2D eigenvalue weighted by atomic mass is 35.5. The Morgan fingerprint density at radius 1 is 1.64 bits per heavy atom. The van der Waals surface area contributed by atoms with Crippen molar-refractivity contribution in [1.82, 2.24) is 10.4 Å². The second-order valence-corrected chi connectivity index (χ2v) is 3.31. The van der Waals surface area contributed by atoms with Gasteiger partial charge in [0.1, 0.15) is 11.9 Å². The highest BCUT2D eigenvalue weighted by Gasteiger charge is 2.32. The Morgan fingerprint density at radius 3 is 2.93 bits per heavy atom. The molecule has 1 amide bonds. The fraction of sp³-hybridized carbons (Fsp3) is 0.750. The van der Waals surface area contributed by atoms with E-state index in [9.17, 15) is 9.59 Å². The molecule has 0 aromatic rings. The summed E-state index contributed by atoms with van der Waals surface area (Å²) in [6, 6.07) is -0.368. The number of hydrazine groups is 1. The molecule has 1 fully saturated rings. The van der Waals surface area contributed by atoms with E-state index in [0.717, 1.165) is 6.42 Å². The minimum atomic E-state index is -0.368. The van der Waals surface area contributed by atoms with E-state index in [0.29, 0.717) is 13.0 Å². The van der Waals surface area contributed by atoms with E-state index in [1.165, 1.54) is 7.11 Å². The minimum absolute atomic E-state index is 0.107. The average molecular weight is 221 g/mol. The third-order valence-electron chi connectivity index (χ3n) is 2.12. The number of amides is 1. The molecular weight excluding hydrogens is 208 g/mol. The zero-order valence-corrected chi connectivity index (χ0v) is 8.71. The van der Waals surface area contributed by atoms with Crippen LogP contribution in [-0.2, 0) is 14.3 Å². The van der Waals surface area contributed by atoms with Crippen LogP contribution in [0.1, 0.15) is 12.8 Å². The molecule has 6 heteroatoms. The standard InChI is InChI=1S/C8H13ClN2O3/c1-14-8(13)6-3-2-4-11(6)10-7(12)5-9/h6H,2-5H2,1H3,(H,10,12)/t6-/m0/s1. The van der Waals surface area contributed by atoms with Crippen molar-refractivity contribution in [2.45, 2.75) is 18.9 Å². The van der Waals surface area contributed by atoms with Crippen molar-refractivity contribution < 1.29 is 14.3 Å². The normalized spacial score (nSPS) is 22.0. The number of rotatable bonds is 3. The Morgan fingerprint density at radius 2 is 2.36 bits per heavy atom. The number of alkyl halides is 1. The van der Waals surface area contributed by atoms with Gasteiger partial charge in [-0.3, -0.25) is 15.0 Å². The quantitative estimate of drug-likeness (QED) is 0.533. The van der Waals surface area contributed by atoms with Crippen molar-refractivity contribution in [3.63, 3.8) is 0 Å². The van der Waals surface area contributed by atoms with E-state index >= 15 is 0 Å². The molecule has 1 atom stereocenters. The van der Waals surface area contributed by atoms with E-state index in [2.05, 4.69) is 10.2 Å². The molecule has 1 aliphatic rings. The van der Waals surface area contributed by atoms with Gasteiger partial charge >= 0.3 is 5.97 Å². The molecule has 5 nitrogen and oxygen atoms in total. The molecule has 0 bridgehead atoms. The molecule has 1 N–H and O–H groups in total. The van der Waals surface area contributed by atoms with Crippen molar-refractivity contribution in [2.75, 3.05) is 19.5 Å². The smallest absolute Gasteiger partial charge is 0.324 e. The number of halogens is 1. The van der Waals surface area contributed by atoms with Crippen LogP contribution < -0.4 is 5.43 Å². The second kappa shape index (κ2) is 5.17. The summed E-state index contributed by atoms with van der Waals surface area (Å²) >= 11 is 5.34. The van der Waals surface area contributed by atoms with E-state index in [1.54, 1.807) is 5.01 Å². The van der Waals surface area contributed by atoms with Crippen molar-refractivity contribution >= 4 is 23.5 Å². The molecule has 1 heterocycles. The summed E-state index contributed by atoms with van der Waals surface area (Å²) in [6.45, 7) is 0.655. The van der Waals surface area contributed by atoms with Gasteiger partial charge in [-0.05, 0) is 12.8 Å². The second-order valence-electron chi connectivity index (χ2n) is 3.04. The molecular formula is C8H13ClN2O3. The molecule has 0 aromatic heterocycles. The summed E-state index contributed by atoms with van der Waals surface area (Å²) in [5.74, 6) is -0.732. The summed E-state index contributed by atoms with van der Waals surface area (Å²) in [6.07, 6.45) is 1.57. The number of nitrogens with one attached hydrogen (secondary N) is 1. The summed E-state index contributed by atoms with van der Waals surface area (Å²) in [7, 11) is 1.34. The van der Waals surface area contributed by atoms with Gasteiger partial charge in [-0.25, -0.2) is 5.01 Å². The molecule has 0 aromatic carbocycles. The van der Waals surface area contributed by atoms with Crippen LogP contribution in [-0.4, -0.2) is 42.5 Å². The van der Waals surface area contributed by atoms with Gasteiger partial charge < -0.3 is 4.74 Å². The number of hydrogen-bond donors (Lipinski definition) is 1. The lowest BCUT2D eigenvalue weighted by atomic mass is 10.2. The maximum Gasteiger partial charge on any atom is 0.324 e. The predicted molar refractivity (Wildman–Crippen MR) is 50.6 cm³/mol. The first-order chi connectivity index (χ1) is 6.69. The van der Waals surface area contributed by atoms with Crippen LogP contribution in [0.3, 0.4) is 0 Å². The van der Waals surface area contributed by atoms with Crippen molar-refractivity contribution in [1.29, 1.82) is 0 Å². The summed E-state index contributed by atoms with van der Waals surface area (Å²) < 4.78 is 4.61. The molecule has 14 heavy (non-hydrogen) atoms. The SMILES string of the molecule is COC(=O)[C@@H]1CCCN1NC(=O)CCl. The minimum Gasteiger partial charge on any atom is -0.468 e. The van der Waals surface area contributed by atoms with Gasteiger partial charge in [0.05, 0.1) is 7.11 Å². The number of ether oxygens (including phenoxy) is 1. The molecule has 0 aliphatic carbocycles. The molecule has 1 saturated heterocycles. The van der Waals surface area contributed by atoms with Gasteiger partial charge in [0, 0.05) is 6.54 Å². The van der Waals surface area contributed by atoms with Gasteiger partial charge in [0.2, 0.25) is 5.91 Å². The third-order valence-corrected chi connectivity index (χ3v) is 2.36. The van der Waals surface area contributed by atoms with E-state index in [1.807, 2.05) is 0 Å². The number of nitrogens with zero attached hydrogens (tertiary/aromatic N) is 1. The van der Waals surface area contributed by atoms with Gasteiger partial charge in [-0.2, -0.15) is 0 Å². The Balaban J connectivity index is 2.51. The van der Waals surface area contributed by atoms with Gasteiger partial charge in [-0.1, -0.05) is 0 Å². The summed E-state index contributed by atoms with van der Waals surface area (Å²) in [5.41, 5.74) is 2.56. The number of methoxy groups -OCH3 is 1. The average Bonchev–Trinajstić information content (AvgIpc) is 2.64. The number of hydrogen-bond acceptors (Lipinski definition) is 4. The summed E-state index contributed by atoms with van der Waals surface area (Å²) in [4.78, 5) is 22.2. The van der Waals surface area contributed by atoms with Gasteiger partial charge in [0.25, 0.3) is 0 Å². The highest BCUT2D eigenvalue weighted by molar-refractivity contribution is 6.27. The zero-order chi connectivity index (χ0) is 10.6. The zero-order valence-electron chi connectivity index (χ0n) is 7.96.